The molecule has 1 unspecified atom stereocenters. The van der Waals surface area contributed by atoms with Crippen LogP contribution >= 0.6 is 0 Å². The van der Waals surface area contributed by atoms with Crippen LogP contribution in [0.2, 0.25) is 0 Å². The van der Waals surface area contributed by atoms with Gasteiger partial charge in [-0.3, -0.25) is 16.0 Å². The van der Waals surface area contributed by atoms with E-state index in [1.165, 1.54) is 0 Å². The van der Waals surface area contributed by atoms with E-state index in [2.05, 4.69) is 35.3 Å². The van der Waals surface area contributed by atoms with Crippen LogP contribution in [0.15, 0.2) is 12.3 Å². The van der Waals surface area contributed by atoms with Gasteiger partial charge in [0.15, 0.2) is 0 Å². The fourth-order valence-electron chi connectivity index (χ4n) is 1.64. The topological polar surface area (TPSA) is 59.1 Å². The van der Waals surface area contributed by atoms with Gasteiger partial charge in [0.2, 0.25) is 0 Å². The van der Waals surface area contributed by atoms with Crippen molar-refractivity contribution >= 4 is 0 Å². The zero-order valence-electron chi connectivity index (χ0n) is 10.6. The molecule has 0 saturated heterocycles. The SMILES string of the molecule is CC(C)n1ccc(CC(CN(C)C)NN)n1. The van der Waals surface area contributed by atoms with E-state index >= 15 is 0 Å². The normalized spacial score (nSPS) is 13.7. The van der Waals surface area contributed by atoms with Gasteiger partial charge in [0.05, 0.1) is 5.69 Å². The summed E-state index contributed by atoms with van der Waals surface area (Å²) in [6, 6.07) is 2.71. The first-order chi connectivity index (χ1) is 7.52. The molecule has 0 fully saturated rings. The number of nitrogens with two attached hydrogens (primary N) is 1. The van der Waals surface area contributed by atoms with Gasteiger partial charge < -0.3 is 4.90 Å². The molecule has 3 N–H and O–H groups in total. The summed E-state index contributed by atoms with van der Waals surface area (Å²) in [7, 11) is 4.08. The van der Waals surface area contributed by atoms with Crippen LogP contribution in [-0.2, 0) is 6.42 Å². The molecule has 1 atom stereocenters. The lowest BCUT2D eigenvalue weighted by Crippen LogP contribution is -2.43. The summed E-state index contributed by atoms with van der Waals surface area (Å²) < 4.78 is 1.97. The van der Waals surface area contributed by atoms with Crippen LogP contribution in [0.5, 0.6) is 0 Å². The average Bonchev–Trinajstić information content (AvgIpc) is 2.64. The largest absolute Gasteiger partial charge is 0.308 e. The Morgan fingerprint density at radius 3 is 2.62 bits per heavy atom. The molecular formula is C11H23N5. The van der Waals surface area contributed by atoms with E-state index in [1.54, 1.807) is 0 Å². The van der Waals surface area contributed by atoms with Crippen LogP contribution in [0.1, 0.15) is 25.6 Å². The summed E-state index contributed by atoms with van der Waals surface area (Å²) in [6.45, 7) is 5.15. The highest BCUT2D eigenvalue weighted by molar-refractivity contribution is 5.02. The number of hydrogen-bond donors (Lipinski definition) is 2. The molecule has 1 rings (SSSR count). The highest BCUT2D eigenvalue weighted by atomic mass is 15.3. The average molecular weight is 225 g/mol. The molecule has 0 bridgehead atoms. The van der Waals surface area contributed by atoms with Crippen LogP contribution in [0.3, 0.4) is 0 Å². The number of hydrazine groups is 1. The van der Waals surface area contributed by atoms with Crippen molar-refractivity contribution in [2.75, 3.05) is 20.6 Å². The van der Waals surface area contributed by atoms with Gasteiger partial charge in [-0.05, 0) is 34.0 Å². The van der Waals surface area contributed by atoms with Gasteiger partial charge in [-0.2, -0.15) is 5.10 Å². The fraction of sp³-hybridized carbons (Fsp3) is 0.727. The predicted molar refractivity (Wildman–Crippen MR) is 66.0 cm³/mol. The van der Waals surface area contributed by atoms with Gasteiger partial charge in [-0.15, -0.1) is 0 Å². The number of aromatic nitrogens is 2. The summed E-state index contributed by atoms with van der Waals surface area (Å²) in [5.74, 6) is 5.52. The van der Waals surface area contributed by atoms with E-state index in [0.29, 0.717) is 6.04 Å². The third-order valence-electron chi connectivity index (χ3n) is 2.47. The minimum Gasteiger partial charge on any atom is -0.308 e. The second-order valence-corrected chi connectivity index (χ2v) is 4.71. The Morgan fingerprint density at radius 1 is 1.50 bits per heavy atom. The molecule has 1 aromatic heterocycles. The van der Waals surface area contributed by atoms with Gasteiger partial charge in [-0.25, -0.2) is 0 Å². The predicted octanol–water partition coefficient (Wildman–Crippen LogP) is 0.400. The molecule has 0 saturated carbocycles. The summed E-state index contributed by atoms with van der Waals surface area (Å²) in [5, 5.41) is 4.51. The molecule has 0 radical (unpaired) electrons. The number of rotatable bonds is 6. The van der Waals surface area contributed by atoms with E-state index < -0.39 is 0 Å². The summed E-state index contributed by atoms with van der Waals surface area (Å²) >= 11 is 0. The molecule has 5 nitrogen and oxygen atoms in total. The van der Waals surface area contributed by atoms with E-state index in [-0.39, 0.29) is 6.04 Å². The lowest BCUT2D eigenvalue weighted by molar-refractivity contribution is 0.336. The third kappa shape index (κ3) is 3.92. The van der Waals surface area contributed by atoms with E-state index in [4.69, 9.17) is 5.84 Å². The van der Waals surface area contributed by atoms with Gasteiger partial charge >= 0.3 is 0 Å². The molecule has 1 heterocycles. The van der Waals surface area contributed by atoms with Crippen LogP contribution < -0.4 is 11.3 Å². The van der Waals surface area contributed by atoms with Crippen LogP contribution in [-0.4, -0.2) is 41.4 Å². The Kier molecular flexibility index (Phi) is 4.92. The molecule has 16 heavy (non-hydrogen) atoms. The Morgan fingerprint density at radius 2 is 2.19 bits per heavy atom. The first-order valence-electron chi connectivity index (χ1n) is 5.67. The van der Waals surface area contributed by atoms with E-state index in [9.17, 15) is 0 Å². The van der Waals surface area contributed by atoms with Gasteiger partial charge in [-0.1, -0.05) is 0 Å². The number of hydrogen-bond acceptors (Lipinski definition) is 4. The van der Waals surface area contributed by atoms with Crippen molar-refractivity contribution in [3.63, 3.8) is 0 Å². The van der Waals surface area contributed by atoms with Crippen molar-refractivity contribution in [1.29, 1.82) is 0 Å². The number of nitrogens with one attached hydrogen (secondary N) is 1. The molecule has 1 aromatic rings. The maximum absolute atomic E-state index is 5.52. The maximum Gasteiger partial charge on any atom is 0.0641 e. The Bertz CT molecular complexity index is 305. The lowest BCUT2D eigenvalue weighted by atomic mass is 10.1. The highest BCUT2D eigenvalue weighted by Gasteiger charge is 2.11. The zero-order chi connectivity index (χ0) is 12.1. The van der Waals surface area contributed by atoms with Crippen molar-refractivity contribution in [2.24, 2.45) is 5.84 Å². The first kappa shape index (κ1) is 13.2. The van der Waals surface area contributed by atoms with Crippen molar-refractivity contribution in [3.05, 3.63) is 18.0 Å². The smallest absolute Gasteiger partial charge is 0.0641 e. The molecule has 0 aliphatic carbocycles. The summed E-state index contributed by atoms with van der Waals surface area (Å²) in [6.07, 6.45) is 2.87. The molecule has 0 aromatic carbocycles. The van der Waals surface area contributed by atoms with Crippen LogP contribution in [0.25, 0.3) is 0 Å². The Balaban J connectivity index is 2.56. The van der Waals surface area contributed by atoms with Crippen molar-refractivity contribution in [3.8, 4) is 0 Å². The van der Waals surface area contributed by atoms with E-state index in [0.717, 1.165) is 18.7 Å². The third-order valence-corrected chi connectivity index (χ3v) is 2.47. The number of likely N-dealkylation sites (N-methyl/N-ethyl adjacent to an activating group) is 1. The molecule has 92 valence electrons. The minimum absolute atomic E-state index is 0.241. The van der Waals surface area contributed by atoms with E-state index in [1.807, 2.05) is 25.0 Å². The molecule has 5 heteroatoms. The van der Waals surface area contributed by atoms with Gasteiger partial charge in [0.1, 0.15) is 0 Å². The second kappa shape index (κ2) is 5.98. The van der Waals surface area contributed by atoms with Crippen molar-refractivity contribution in [2.45, 2.75) is 32.4 Å². The highest BCUT2D eigenvalue weighted by Crippen LogP contribution is 2.06. The molecular weight excluding hydrogens is 202 g/mol. The Labute approximate surface area is 97.6 Å². The maximum atomic E-state index is 5.52. The minimum atomic E-state index is 0.241. The molecule has 0 spiro atoms. The molecule has 0 aliphatic heterocycles. The van der Waals surface area contributed by atoms with Crippen LogP contribution in [0.4, 0.5) is 0 Å². The monoisotopic (exact) mass is 225 g/mol. The second-order valence-electron chi connectivity index (χ2n) is 4.71. The molecule has 0 aliphatic rings. The van der Waals surface area contributed by atoms with Gasteiger partial charge in [0.25, 0.3) is 0 Å². The standard InChI is InChI=1S/C11H23N5/c1-9(2)16-6-5-10(14-16)7-11(13-12)8-15(3)4/h5-6,9,11,13H,7-8,12H2,1-4H3. The molecule has 0 amide bonds. The zero-order valence-corrected chi connectivity index (χ0v) is 10.6. The fourth-order valence-corrected chi connectivity index (χ4v) is 1.64. The Hall–Kier alpha value is -0.910. The summed E-state index contributed by atoms with van der Waals surface area (Å²) in [4.78, 5) is 2.12. The van der Waals surface area contributed by atoms with Crippen molar-refractivity contribution < 1.29 is 0 Å². The summed E-state index contributed by atoms with van der Waals surface area (Å²) in [5.41, 5.74) is 3.91. The quantitative estimate of drug-likeness (QED) is 0.543. The lowest BCUT2D eigenvalue weighted by Gasteiger charge is -2.19. The number of nitrogens with zero attached hydrogens (tertiary/aromatic N) is 3. The first-order valence-corrected chi connectivity index (χ1v) is 5.67. The van der Waals surface area contributed by atoms with Crippen LogP contribution in [0, 0.1) is 0 Å². The van der Waals surface area contributed by atoms with Crippen molar-refractivity contribution in [1.82, 2.24) is 20.1 Å². The van der Waals surface area contributed by atoms with Gasteiger partial charge in [0, 0.05) is 31.2 Å².